The molecule has 0 unspecified atom stereocenters. The highest BCUT2D eigenvalue weighted by Gasteiger charge is 2.44. The third-order valence-corrected chi connectivity index (χ3v) is 6.85. The minimum absolute atomic E-state index is 0.140. The van der Waals surface area contributed by atoms with E-state index in [0.29, 0.717) is 17.7 Å². The van der Waals surface area contributed by atoms with Crippen LogP contribution in [0.5, 0.6) is 0 Å². The zero-order chi connectivity index (χ0) is 14.3. The third-order valence-electron chi connectivity index (χ3n) is 4.11. The first kappa shape index (κ1) is 14.5. The van der Waals surface area contributed by atoms with Crippen LogP contribution in [0.4, 0.5) is 0 Å². The molecule has 0 spiro atoms. The standard InChI is InChI=1S/C14H16INO3S/c15-10-4-6-14(7-5-10)20(18,19)16-11-2-1-3-12(16)9-13(17)8-11/h4-7,11-12H,1-3,8-9H2/t11-,12+. The first-order chi connectivity index (χ1) is 9.48. The molecule has 3 rings (SSSR count). The molecule has 0 aromatic heterocycles. The van der Waals surface area contributed by atoms with Gasteiger partial charge in [-0.1, -0.05) is 6.42 Å². The Balaban J connectivity index is 1.98. The van der Waals surface area contributed by atoms with Crippen molar-refractivity contribution in [3.63, 3.8) is 0 Å². The van der Waals surface area contributed by atoms with Gasteiger partial charge in [-0.25, -0.2) is 8.42 Å². The lowest BCUT2D eigenvalue weighted by atomic mass is 9.86. The van der Waals surface area contributed by atoms with E-state index >= 15 is 0 Å². The van der Waals surface area contributed by atoms with Crippen LogP contribution in [-0.4, -0.2) is 30.6 Å². The van der Waals surface area contributed by atoms with E-state index in [0.717, 1.165) is 22.8 Å². The number of hydrogen-bond acceptors (Lipinski definition) is 3. The molecule has 4 nitrogen and oxygen atoms in total. The molecule has 2 atom stereocenters. The predicted octanol–water partition coefficient (Wildman–Crippen LogP) is 2.57. The number of sulfonamides is 1. The Labute approximate surface area is 132 Å². The number of Topliss-reactive ketones (excluding diaryl/α,β-unsaturated/α-hetero) is 1. The molecule has 0 aliphatic carbocycles. The fourth-order valence-electron chi connectivity index (χ4n) is 3.26. The van der Waals surface area contributed by atoms with Gasteiger partial charge in [0.25, 0.3) is 0 Å². The summed E-state index contributed by atoms with van der Waals surface area (Å²) in [5.41, 5.74) is 0. The predicted molar refractivity (Wildman–Crippen MR) is 83.9 cm³/mol. The SMILES string of the molecule is O=C1C[C@H]2CCC[C@@H](C1)N2S(=O)(=O)c1ccc(I)cc1. The van der Waals surface area contributed by atoms with Crippen molar-refractivity contribution in [2.45, 2.75) is 49.1 Å². The maximum absolute atomic E-state index is 12.8. The summed E-state index contributed by atoms with van der Waals surface area (Å²) >= 11 is 2.16. The van der Waals surface area contributed by atoms with E-state index < -0.39 is 10.0 Å². The molecule has 0 saturated carbocycles. The van der Waals surface area contributed by atoms with Gasteiger partial charge in [0, 0.05) is 28.5 Å². The van der Waals surface area contributed by atoms with Gasteiger partial charge in [-0.15, -0.1) is 0 Å². The molecular weight excluding hydrogens is 389 g/mol. The van der Waals surface area contributed by atoms with E-state index in [4.69, 9.17) is 0 Å². The van der Waals surface area contributed by atoms with Gasteiger partial charge < -0.3 is 0 Å². The average molecular weight is 405 g/mol. The van der Waals surface area contributed by atoms with Gasteiger partial charge in [0.2, 0.25) is 10.0 Å². The molecule has 0 N–H and O–H groups in total. The summed E-state index contributed by atoms with van der Waals surface area (Å²) in [6.45, 7) is 0. The second-order valence-electron chi connectivity index (χ2n) is 5.47. The zero-order valence-corrected chi connectivity index (χ0v) is 13.9. The number of fused-ring (bicyclic) bond motifs is 2. The molecule has 2 saturated heterocycles. The quantitative estimate of drug-likeness (QED) is 0.711. The van der Waals surface area contributed by atoms with Gasteiger partial charge in [-0.3, -0.25) is 4.79 Å². The van der Waals surface area contributed by atoms with Crippen molar-refractivity contribution in [1.82, 2.24) is 4.31 Å². The number of rotatable bonds is 2. The highest BCUT2D eigenvalue weighted by molar-refractivity contribution is 14.1. The van der Waals surface area contributed by atoms with Gasteiger partial charge in [-0.05, 0) is 59.7 Å². The molecule has 2 aliphatic rings. The number of carbonyl (C=O) groups is 1. The van der Waals surface area contributed by atoms with Crippen LogP contribution in [0.1, 0.15) is 32.1 Å². The van der Waals surface area contributed by atoms with Crippen molar-refractivity contribution in [2.75, 3.05) is 0 Å². The van der Waals surface area contributed by atoms with Crippen LogP contribution in [0.15, 0.2) is 29.2 Å². The van der Waals surface area contributed by atoms with E-state index in [1.165, 1.54) is 0 Å². The van der Waals surface area contributed by atoms with Crippen LogP contribution in [0.2, 0.25) is 0 Å². The van der Waals surface area contributed by atoms with Gasteiger partial charge in [0.15, 0.2) is 0 Å². The maximum Gasteiger partial charge on any atom is 0.243 e. The van der Waals surface area contributed by atoms with Gasteiger partial charge in [0.05, 0.1) is 4.90 Å². The van der Waals surface area contributed by atoms with Crippen LogP contribution < -0.4 is 0 Å². The number of carbonyl (C=O) groups excluding carboxylic acids is 1. The molecule has 2 bridgehead atoms. The smallest absolute Gasteiger partial charge is 0.243 e. The van der Waals surface area contributed by atoms with Gasteiger partial charge >= 0.3 is 0 Å². The lowest BCUT2D eigenvalue weighted by Gasteiger charge is -2.44. The number of benzene rings is 1. The summed E-state index contributed by atoms with van der Waals surface area (Å²) in [5.74, 6) is 0.203. The van der Waals surface area contributed by atoms with Crippen molar-refractivity contribution in [3.8, 4) is 0 Å². The lowest BCUT2D eigenvalue weighted by Crippen LogP contribution is -2.54. The molecule has 0 amide bonds. The van der Waals surface area contributed by atoms with Crippen LogP contribution in [0.25, 0.3) is 0 Å². The number of hydrogen-bond donors (Lipinski definition) is 0. The van der Waals surface area contributed by atoms with E-state index in [1.807, 2.05) is 0 Å². The Morgan fingerprint density at radius 1 is 1.05 bits per heavy atom. The summed E-state index contributed by atoms with van der Waals surface area (Å²) in [4.78, 5) is 12.0. The van der Waals surface area contributed by atoms with Crippen LogP contribution in [0, 0.1) is 3.57 Å². The first-order valence-electron chi connectivity index (χ1n) is 6.79. The Kier molecular flexibility index (Phi) is 3.89. The topological polar surface area (TPSA) is 54.5 Å². The molecule has 20 heavy (non-hydrogen) atoms. The minimum atomic E-state index is -3.48. The largest absolute Gasteiger partial charge is 0.300 e. The van der Waals surface area contributed by atoms with E-state index in [2.05, 4.69) is 22.6 Å². The molecular formula is C14H16INO3S. The summed E-state index contributed by atoms with van der Waals surface area (Å²) in [6.07, 6.45) is 3.36. The van der Waals surface area contributed by atoms with Crippen molar-refractivity contribution in [3.05, 3.63) is 27.8 Å². The van der Waals surface area contributed by atoms with Crippen LogP contribution in [0.3, 0.4) is 0 Å². The normalized spacial score (nSPS) is 27.6. The molecule has 2 fully saturated rings. The van der Waals surface area contributed by atoms with E-state index in [1.54, 1.807) is 28.6 Å². The molecule has 0 radical (unpaired) electrons. The average Bonchev–Trinajstić information content (AvgIpc) is 2.37. The number of nitrogens with zero attached hydrogens (tertiary/aromatic N) is 1. The molecule has 1 aromatic rings. The van der Waals surface area contributed by atoms with Crippen molar-refractivity contribution in [1.29, 1.82) is 0 Å². The Morgan fingerprint density at radius 2 is 1.60 bits per heavy atom. The minimum Gasteiger partial charge on any atom is -0.300 e. The fraction of sp³-hybridized carbons (Fsp3) is 0.500. The molecule has 1 aromatic carbocycles. The van der Waals surface area contributed by atoms with Crippen LogP contribution in [-0.2, 0) is 14.8 Å². The van der Waals surface area contributed by atoms with Crippen molar-refractivity contribution >= 4 is 38.4 Å². The van der Waals surface area contributed by atoms with Crippen molar-refractivity contribution < 1.29 is 13.2 Å². The van der Waals surface area contributed by atoms with Crippen molar-refractivity contribution in [2.24, 2.45) is 0 Å². The summed E-state index contributed by atoms with van der Waals surface area (Å²) in [5, 5.41) is 0. The molecule has 2 aliphatic heterocycles. The van der Waals surface area contributed by atoms with Gasteiger partial charge in [-0.2, -0.15) is 4.31 Å². The monoisotopic (exact) mass is 405 g/mol. The first-order valence-corrected chi connectivity index (χ1v) is 9.31. The zero-order valence-electron chi connectivity index (χ0n) is 11.0. The van der Waals surface area contributed by atoms with E-state index in [-0.39, 0.29) is 17.9 Å². The second kappa shape index (κ2) is 5.38. The van der Waals surface area contributed by atoms with E-state index in [9.17, 15) is 13.2 Å². The number of ketones is 1. The Bertz CT molecular complexity index is 610. The summed E-state index contributed by atoms with van der Waals surface area (Å²) < 4.78 is 28.3. The highest BCUT2D eigenvalue weighted by atomic mass is 127. The summed E-state index contributed by atoms with van der Waals surface area (Å²) in [6, 6.07) is 6.64. The Hall–Kier alpha value is -0.470. The number of halogens is 1. The highest BCUT2D eigenvalue weighted by Crippen LogP contribution is 2.36. The fourth-order valence-corrected chi connectivity index (χ4v) is 5.48. The molecule has 2 heterocycles. The second-order valence-corrected chi connectivity index (χ2v) is 8.56. The van der Waals surface area contributed by atoms with Gasteiger partial charge in [0.1, 0.15) is 5.78 Å². The Morgan fingerprint density at radius 3 is 2.15 bits per heavy atom. The molecule has 108 valence electrons. The summed E-state index contributed by atoms with van der Waals surface area (Å²) in [7, 11) is -3.48. The number of piperidine rings is 2. The maximum atomic E-state index is 12.8. The third kappa shape index (κ3) is 2.53. The molecule has 6 heteroatoms. The van der Waals surface area contributed by atoms with Crippen LogP contribution >= 0.6 is 22.6 Å². The lowest BCUT2D eigenvalue weighted by molar-refractivity contribution is -0.124.